The number of aliphatic hydroxyl groups excluding tert-OH is 1. The van der Waals surface area contributed by atoms with Crippen LogP contribution in [0.25, 0.3) is 0 Å². The Labute approximate surface area is 224 Å². The number of hydrogen-bond donors (Lipinski definition) is 3. The molecule has 200 valence electrons. The molecule has 1 aromatic carbocycles. The van der Waals surface area contributed by atoms with Crippen molar-refractivity contribution < 1.29 is 19.0 Å². The first kappa shape index (κ1) is 27.2. The quantitative estimate of drug-likeness (QED) is 0.376. The number of carbonyl (C=O) groups excluding carboxylic acids is 1. The van der Waals surface area contributed by atoms with Gasteiger partial charge < -0.3 is 25.0 Å². The van der Waals surface area contributed by atoms with Crippen LogP contribution in [0.15, 0.2) is 48.4 Å². The van der Waals surface area contributed by atoms with E-state index in [-0.39, 0.29) is 30.5 Å². The van der Waals surface area contributed by atoms with E-state index >= 15 is 0 Å². The van der Waals surface area contributed by atoms with Crippen molar-refractivity contribution in [3.8, 4) is 0 Å². The van der Waals surface area contributed by atoms with Gasteiger partial charge in [0.05, 0.1) is 31.6 Å². The minimum Gasteiger partial charge on any atom is -0.392 e. The summed E-state index contributed by atoms with van der Waals surface area (Å²) in [5, 5.41) is 25.7. The molecule has 3 heterocycles. The summed E-state index contributed by atoms with van der Waals surface area (Å²) in [6.07, 6.45) is 5.06. The van der Waals surface area contributed by atoms with Crippen LogP contribution < -0.4 is 10.2 Å². The molecular formula is C25H28ClFN8O3. The van der Waals surface area contributed by atoms with E-state index in [1.165, 1.54) is 36.4 Å². The molecule has 0 saturated carbocycles. The van der Waals surface area contributed by atoms with Crippen molar-refractivity contribution in [1.29, 1.82) is 5.41 Å². The molecule has 0 spiro atoms. The van der Waals surface area contributed by atoms with E-state index in [0.29, 0.717) is 40.7 Å². The first-order chi connectivity index (χ1) is 18.2. The molecule has 1 aliphatic heterocycles. The van der Waals surface area contributed by atoms with Crippen LogP contribution >= 0.6 is 11.6 Å². The second kappa shape index (κ2) is 11.7. The normalized spacial score (nSPS) is 16.8. The lowest BCUT2D eigenvalue weighted by Crippen LogP contribution is -2.50. The lowest BCUT2D eigenvalue weighted by atomic mass is 9.94. The Balaban J connectivity index is 1.59. The van der Waals surface area contributed by atoms with Crippen molar-refractivity contribution in [2.75, 3.05) is 31.0 Å². The predicted octanol–water partition coefficient (Wildman–Crippen LogP) is 3.03. The van der Waals surface area contributed by atoms with Crippen LogP contribution in [-0.2, 0) is 29.7 Å². The number of carbonyl (C=O) groups is 1. The Bertz CT molecular complexity index is 1380. The van der Waals surface area contributed by atoms with Crippen LogP contribution in [-0.4, -0.2) is 68.2 Å². The SMILES string of the molecule is COC[C@H]1C/C(=C/N(C)c2nc(Nc3ccnn3C)ncc2Cl)C(=N)C(=O)N1Cc1cc(F)ccc1CO. The molecule has 4 rings (SSSR count). The van der Waals surface area contributed by atoms with Gasteiger partial charge in [0.2, 0.25) is 5.95 Å². The lowest BCUT2D eigenvalue weighted by Gasteiger charge is -2.37. The summed E-state index contributed by atoms with van der Waals surface area (Å²) in [6, 6.07) is 5.39. The zero-order chi connectivity index (χ0) is 27.4. The molecule has 1 saturated heterocycles. The molecular weight excluding hydrogens is 515 g/mol. The van der Waals surface area contributed by atoms with Gasteiger partial charge in [-0.15, -0.1) is 0 Å². The van der Waals surface area contributed by atoms with Gasteiger partial charge in [0.1, 0.15) is 22.4 Å². The molecule has 3 aromatic rings. The van der Waals surface area contributed by atoms with Crippen LogP contribution in [0.3, 0.4) is 0 Å². The average molecular weight is 543 g/mol. The molecule has 2 aromatic heterocycles. The van der Waals surface area contributed by atoms with E-state index in [0.717, 1.165) is 0 Å². The summed E-state index contributed by atoms with van der Waals surface area (Å²) in [5.41, 5.74) is 1.25. The third-order valence-corrected chi connectivity index (χ3v) is 6.47. The number of amides is 1. The Kier molecular flexibility index (Phi) is 8.35. The maximum atomic E-state index is 13.9. The van der Waals surface area contributed by atoms with Crippen molar-refractivity contribution >= 4 is 40.8 Å². The highest BCUT2D eigenvalue weighted by Crippen LogP contribution is 2.29. The lowest BCUT2D eigenvalue weighted by molar-refractivity contribution is -0.129. The van der Waals surface area contributed by atoms with Crippen LogP contribution in [0.1, 0.15) is 17.5 Å². The molecule has 11 nitrogen and oxygen atoms in total. The summed E-state index contributed by atoms with van der Waals surface area (Å²) in [7, 11) is 5.02. The molecule has 0 aliphatic carbocycles. The van der Waals surface area contributed by atoms with Crippen molar-refractivity contribution in [2.24, 2.45) is 7.05 Å². The number of benzene rings is 1. The van der Waals surface area contributed by atoms with Crippen LogP contribution in [0.5, 0.6) is 0 Å². The first-order valence-corrected chi connectivity index (χ1v) is 12.1. The number of halogens is 2. The van der Waals surface area contributed by atoms with Gasteiger partial charge in [0.15, 0.2) is 5.82 Å². The van der Waals surface area contributed by atoms with Gasteiger partial charge in [-0.2, -0.15) is 10.1 Å². The average Bonchev–Trinajstić information content (AvgIpc) is 3.30. The fraction of sp³-hybridized carbons (Fsp3) is 0.320. The molecule has 1 aliphatic rings. The Morgan fingerprint density at radius 1 is 1.37 bits per heavy atom. The number of aromatic nitrogens is 4. The smallest absolute Gasteiger partial charge is 0.272 e. The number of aliphatic hydroxyl groups is 1. The number of nitrogens with one attached hydrogen (secondary N) is 2. The highest BCUT2D eigenvalue weighted by atomic mass is 35.5. The zero-order valence-corrected chi connectivity index (χ0v) is 21.9. The summed E-state index contributed by atoms with van der Waals surface area (Å²) >= 11 is 6.38. The second-order valence-electron chi connectivity index (χ2n) is 8.79. The van der Waals surface area contributed by atoms with Crippen LogP contribution in [0, 0.1) is 11.2 Å². The third-order valence-electron chi connectivity index (χ3n) is 6.20. The summed E-state index contributed by atoms with van der Waals surface area (Å²) in [4.78, 5) is 25.1. The number of aryl methyl sites for hydroxylation is 1. The van der Waals surface area contributed by atoms with E-state index in [1.54, 1.807) is 42.1 Å². The third kappa shape index (κ3) is 5.82. The molecule has 0 unspecified atom stereocenters. The Morgan fingerprint density at radius 3 is 2.84 bits per heavy atom. The maximum absolute atomic E-state index is 13.9. The molecule has 0 bridgehead atoms. The maximum Gasteiger partial charge on any atom is 0.272 e. The van der Waals surface area contributed by atoms with Gasteiger partial charge in [-0.3, -0.25) is 14.9 Å². The van der Waals surface area contributed by atoms with E-state index in [1.807, 2.05) is 0 Å². The van der Waals surface area contributed by atoms with Gasteiger partial charge in [-0.05, 0) is 29.7 Å². The standard InChI is InChI=1S/C25H28ClFN8O3/c1-33(23-20(26)10-29-25(32-23)31-21-6-7-30-34(21)2)11-17-9-19(14-38-3)35(24(37)22(17)28)12-16-8-18(27)5-4-15(16)13-36/h4-8,10-11,19,28,36H,9,12-14H2,1-3H3,(H,29,31,32)/b17-11-,28-22?/t19-/m1/s1. The minimum absolute atomic E-state index is 0.0345. The summed E-state index contributed by atoms with van der Waals surface area (Å²) < 4.78 is 20.9. The number of hydrogen-bond acceptors (Lipinski definition) is 9. The zero-order valence-electron chi connectivity index (χ0n) is 21.2. The Morgan fingerprint density at radius 2 is 2.16 bits per heavy atom. The molecule has 13 heteroatoms. The number of likely N-dealkylation sites (tertiary alicyclic amines) is 1. The van der Waals surface area contributed by atoms with Gasteiger partial charge in [-0.1, -0.05) is 17.7 Å². The predicted molar refractivity (Wildman–Crippen MR) is 141 cm³/mol. The van der Waals surface area contributed by atoms with Crippen molar-refractivity contribution in [2.45, 2.75) is 25.6 Å². The molecule has 1 atom stereocenters. The van der Waals surface area contributed by atoms with Crippen LogP contribution in [0.4, 0.5) is 22.0 Å². The summed E-state index contributed by atoms with van der Waals surface area (Å²) in [5.74, 6) is 0.354. The van der Waals surface area contributed by atoms with Gasteiger partial charge in [-0.25, -0.2) is 9.37 Å². The molecule has 38 heavy (non-hydrogen) atoms. The van der Waals surface area contributed by atoms with Gasteiger partial charge >= 0.3 is 0 Å². The fourth-order valence-corrected chi connectivity index (χ4v) is 4.45. The summed E-state index contributed by atoms with van der Waals surface area (Å²) in [6.45, 7) is -0.0548. The van der Waals surface area contributed by atoms with Crippen molar-refractivity contribution in [3.05, 3.63) is 70.4 Å². The van der Waals surface area contributed by atoms with Crippen molar-refractivity contribution in [3.63, 3.8) is 0 Å². The van der Waals surface area contributed by atoms with E-state index in [9.17, 15) is 14.3 Å². The van der Waals surface area contributed by atoms with Gasteiger partial charge in [0.25, 0.3) is 5.91 Å². The number of nitrogens with zero attached hydrogens (tertiary/aromatic N) is 6. The second-order valence-corrected chi connectivity index (χ2v) is 9.20. The highest BCUT2D eigenvalue weighted by Gasteiger charge is 2.35. The number of anilines is 3. The number of rotatable bonds is 9. The van der Waals surface area contributed by atoms with Crippen molar-refractivity contribution in [1.82, 2.24) is 24.6 Å². The monoisotopic (exact) mass is 542 g/mol. The molecule has 3 N–H and O–H groups in total. The van der Waals surface area contributed by atoms with E-state index < -0.39 is 17.8 Å². The molecule has 1 amide bonds. The minimum atomic E-state index is -0.529. The first-order valence-electron chi connectivity index (χ1n) is 11.7. The largest absolute Gasteiger partial charge is 0.392 e. The molecule has 1 fully saturated rings. The number of methoxy groups -OCH3 is 1. The fourth-order valence-electron chi connectivity index (χ4n) is 4.22. The van der Waals surface area contributed by atoms with Crippen LogP contribution in [0.2, 0.25) is 5.02 Å². The number of piperidine rings is 1. The topological polar surface area (TPSA) is 132 Å². The Hall–Kier alpha value is -3.87. The van der Waals surface area contributed by atoms with E-state index in [2.05, 4.69) is 20.4 Å². The van der Waals surface area contributed by atoms with E-state index in [4.69, 9.17) is 21.7 Å². The highest BCUT2D eigenvalue weighted by molar-refractivity contribution is 6.44. The van der Waals surface area contributed by atoms with Gasteiger partial charge in [0, 0.05) is 45.6 Å². The number of ether oxygens (including phenoxy) is 1. The molecule has 0 radical (unpaired) electrons.